The smallest absolute Gasteiger partial charge is 0.339 e. The van der Waals surface area contributed by atoms with E-state index in [1.807, 2.05) is 18.7 Å². The summed E-state index contributed by atoms with van der Waals surface area (Å²) in [5.41, 5.74) is 0.329. The first kappa shape index (κ1) is 19.4. The SMILES string of the molecule is CC1CCN(C(=O)c2cnn(-c3ccc(C(F)(F)F)cn3)c2C(C)C)CC1. The van der Waals surface area contributed by atoms with E-state index in [1.165, 1.54) is 16.9 Å². The van der Waals surface area contributed by atoms with Crippen LogP contribution in [0.3, 0.4) is 0 Å². The molecular weight excluding hydrogens is 357 g/mol. The van der Waals surface area contributed by atoms with Crippen LogP contribution in [-0.2, 0) is 6.18 Å². The van der Waals surface area contributed by atoms with Gasteiger partial charge in [-0.15, -0.1) is 0 Å². The van der Waals surface area contributed by atoms with E-state index < -0.39 is 11.7 Å². The lowest BCUT2D eigenvalue weighted by molar-refractivity contribution is -0.137. The summed E-state index contributed by atoms with van der Waals surface area (Å²) in [5.74, 6) is 0.749. The van der Waals surface area contributed by atoms with Gasteiger partial charge in [-0.25, -0.2) is 9.67 Å². The fourth-order valence-corrected chi connectivity index (χ4v) is 3.32. The number of aromatic nitrogens is 3. The Labute approximate surface area is 156 Å². The highest BCUT2D eigenvalue weighted by atomic mass is 19.4. The number of carbonyl (C=O) groups excluding carboxylic acids is 1. The van der Waals surface area contributed by atoms with E-state index in [2.05, 4.69) is 17.0 Å². The lowest BCUT2D eigenvalue weighted by atomic mass is 9.98. The molecule has 0 aromatic carbocycles. The zero-order chi connectivity index (χ0) is 19.8. The molecule has 0 radical (unpaired) electrons. The van der Waals surface area contributed by atoms with Gasteiger partial charge in [0.2, 0.25) is 0 Å². The number of likely N-dealkylation sites (tertiary alicyclic amines) is 1. The molecule has 1 amide bonds. The monoisotopic (exact) mass is 380 g/mol. The summed E-state index contributed by atoms with van der Waals surface area (Å²) in [6.45, 7) is 7.44. The lowest BCUT2D eigenvalue weighted by Gasteiger charge is -2.30. The van der Waals surface area contributed by atoms with Crippen LogP contribution >= 0.6 is 0 Å². The second kappa shape index (κ2) is 7.32. The summed E-state index contributed by atoms with van der Waals surface area (Å²) in [4.78, 5) is 18.7. The lowest BCUT2D eigenvalue weighted by Crippen LogP contribution is -2.38. The maximum absolute atomic E-state index is 13.0. The van der Waals surface area contributed by atoms with Gasteiger partial charge in [0.05, 0.1) is 23.0 Å². The van der Waals surface area contributed by atoms with Gasteiger partial charge in [0.1, 0.15) is 0 Å². The number of halogens is 3. The molecule has 0 unspecified atom stereocenters. The van der Waals surface area contributed by atoms with E-state index in [-0.39, 0.29) is 17.6 Å². The fourth-order valence-electron chi connectivity index (χ4n) is 3.32. The number of amides is 1. The summed E-state index contributed by atoms with van der Waals surface area (Å²) in [7, 11) is 0. The van der Waals surface area contributed by atoms with Gasteiger partial charge in [-0.2, -0.15) is 18.3 Å². The Bertz CT molecular complexity index is 803. The zero-order valence-corrected chi connectivity index (χ0v) is 15.6. The van der Waals surface area contributed by atoms with Gasteiger partial charge in [-0.1, -0.05) is 20.8 Å². The maximum atomic E-state index is 13.0. The van der Waals surface area contributed by atoms with Crippen LogP contribution in [0.5, 0.6) is 0 Å². The van der Waals surface area contributed by atoms with Crippen molar-refractivity contribution in [2.24, 2.45) is 5.92 Å². The van der Waals surface area contributed by atoms with Crippen LogP contribution in [0.15, 0.2) is 24.5 Å². The first-order valence-corrected chi connectivity index (χ1v) is 9.09. The molecule has 0 spiro atoms. The van der Waals surface area contributed by atoms with Crippen molar-refractivity contribution in [3.63, 3.8) is 0 Å². The van der Waals surface area contributed by atoms with Crippen molar-refractivity contribution in [1.29, 1.82) is 0 Å². The molecule has 2 aromatic heterocycles. The third-order valence-corrected chi connectivity index (χ3v) is 4.95. The minimum absolute atomic E-state index is 0.0424. The summed E-state index contributed by atoms with van der Waals surface area (Å²) in [6.07, 6.45) is -0.221. The molecule has 5 nitrogen and oxygen atoms in total. The Morgan fingerprint density at radius 1 is 1.19 bits per heavy atom. The predicted octanol–water partition coefficient (Wildman–Crippen LogP) is 4.28. The molecule has 146 valence electrons. The number of nitrogens with zero attached hydrogens (tertiary/aromatic N) is 4. The van der Waals surface area contributed by atoms with Crippen LogP contribution in [0.2, 0.25) is 0 Å². The van der Waals surface area contributed by atoms with Crippen LogP contribution in [0.4, 0.5) is 13.2 Å². The highest BCUT2D eigenvalue weighted by Crippen LogP contribution is 2.30. The minimum Gasteiger partial charge on any atom is -0.339 e. The number of rotatable bonds is 3. The molecule has 1 fully saturated rings. The Balaban J connectivity index is 1.93. The molecule has 1 saturated heterocycles. The largest absolute Gasteiger partial charge is 0.417 e. The third-order valence-electron chi connectivity index (χ3n) is 4.95. The first-order valence-electron chi connectivity index (χ1n) is 9.09. The predicted molar refractivity (Wildman–Crippen MR) is 94.8 cm³/mol. The molecule has 8 heteroatoms. The van der Waals surface area contributed by atoms with Crippen LogP contribution in [0, 0.1) is 5.92 Å². The highest BCUT2D eigenvalue weighted by Gasteiger charge is 2.31. The van der Waals surface area contributed by atoms with Crippen molar-refractivity contribution in [3.8, 4) is 5.82 Å². The summed E-state index contributed by atoms with van der Waals surface area (Å²) in [6, 6.07) is 2.25. The van der Waals surface area contributed by atoms with Crippen molar-refractivity contribution in [3.05, 3.63) is 41.3 Å². The van der Waals surface area contributed by atoms with Gasteiger partial charge < -0.3 is 4.90 Å². The van der Waals surface area contributed by atoms with Gasteiger partial charge in [0, 0.05) is 19.3 Å². The number of pyridine rings is 1. The van der Waals surface area contributed by atoms with Crippen LogP contribution in [-0.4, -0.2) is 38.7 Å². The molecule has 0 N–H and O–H groups in total. The molecule has 0 bridgehead atoms. The van der Waals surface area contributed by atoms with E-state index in [1.54, 1.807) is 0 Å². The second-order valence-corrected chi connectivity index (χ2v) is 7.39. The van der Waals surface area contributed by atoms with Crippen molar-refractivity contribution >= 4 is 5.91 Å². The van der Waals surface area contributed by atoms with E-state index in [0.717, 1.165) is 25.1 Å². The van der Waals surface area contributed by atoms with Crippen LogP contribution in [0.25, 0.3) is 5.82 Å². The van der Waals surface area contributed by atoms with Crippen molar-refractivity contribution in [1.82, 2.24) is 19.7 Å². The molecular formula is C19H23F3N4O. The fraction of sp³-hybridized carbons (Fsp3) is 0.526. The average molecular weight is 380 g/mol. The van der Waals surface area contributed by atoms with Gasteiger partial charge in [-0.05, 0) is 36.8 Å². The van der Waals surface area contributed by atoms with E-state index in [9.17, 15) is 18.0 Å². The normalized spacial score (nSPS) is 16.2. The number of alkyl halides is 3. The molecule has 27 heavy (non-hydrogen) atoms. The Morgan fingerprint density at radius 3 is 2.37 bits per heavy atom. The third kappa shape index (κ3) is 3.99. The minimum atomic E-state index is -4.44. The van der Waals surface area contributed by atoms with Gasteiger partial charge >= 0.3 is 6.18 Å². The summed E-state index contributed by atoms with van der Waals surface area (Å²) in [5, 5.41) is 4.26. The Hall–Kier alpha value is -2.38. The number of carbonyl (C=O) groups is 1. The van der Waals surface area contributed by atoms with Gasteiger partial charge in [0.15, 0.2) is 5.82 Å². The van der Waals surface area contributed by atoms with Crippen LogP contribution in [0.1, 0.15) is 61.1 Å². The molecule has 0 aliphatic carbocycles. The standard InChI is InChI=1S/C19H23F3N4O/c1-12(2)17-15(18(27)25-8-6-13(3)7-9-25)11-24-26(17)16-5-4-14(10-23-16)19(20,21)22/h4-5,10-13H,6-9H2,1-3H3. The second-order valence-electron chi connectivity index (χ2n) is 7.39. The summed E-state index contributed by atoms with van der Waals surface area (Å²) >= 11 is 0. The molecule has 3 rings (SSSR count). The Kier molecular flexibility index (Phi) is 5.26. The summed E-state index contributed by atoms with van der Waals surface area (Å²) < 4.78 is 39.7. The molecule has 0 saturated carbocycles. The topological polar surface area (TPSA) is 51.0 Å². The van der Waals surface area contributed by atoms with E-state index in [4.69, 9.17) is 0 Å². The first-order chi connectivity index (χ1) is 12.7. The number of hydrogen-bond donors (Lipinski definition) is 0. The molecule has 3 heterocycles. The quantitative estimate of drug-likeness (QED) is 0.799. The van der Waals surface area contributed by atoms with E-state index in [0.29, 0.717) is 30.3 Å². The molecule has 2 aromatic rings. The Morgan fingerprint density at radius 2 is 1.85 bits per heavy atom. The van der Waals surface area contributed by atoms with Crippen LogP contribution < -0.4 is 0 Å². The molecule has 1 aliphatic heterocycles. The van der Waals surface area contributed by atoms with E-state index >= 15 is 0 Å². The average Bonchev–Trinajstić information content (AvgIpc) is 3.06. The van der Waals surface area contributed by atoms with Gasteiger partial charge in [0.25, 0.3) is 5.91 Å². The van der Waals surface area contributed by atoms with Gasteiger partial charge in [-0.3, -0.25) is 4.79 Å². The van der Waals surface area contributed by atoms with Crippen molar-refractivity contribution < 1.29 is 18.0 Å². The van der Waals surface area contributed by atoms with Crippen molar-refractivity contribution in [2.45, 2.75) is 45.7 Å². The maximum Gasteiger partial charge on any atom is 0.417 e. The molecule has 1 aliphatic rings. The van der Waals surface area contributed by atoms with Crippen molar-refractivity contribution in [2.75, 3.05) is 13.1 Å². The number of piperidine rings is 1. The number of hydrogen-bond acceptors (Lipinski definition) is 3. The zero-order valence-electron chi connectivity index (χ0n) is 15.6. The highest BCUT2D eigenvalue weighted by molar-refractivity contribution is 5.95. The molecule has 0 atom stereocenters.